The van der Waals surface area contributed by atoms with Gasteiger partial charge in [0.2, 0.25) is 5.91 Å². The lowest BCUT2D eigenvalue weighted by Crippen LogP contribution is -2.48. The second-order valence-electron chi connectivity index (χ2n) is 7.76. The van der Waals surface area contributed by atoms with Gasteiger partial charge in [0.1, 0.15) is 6.04 Å². The smallest absolute Gasteiger partial charge is 0.318 e. The zero-order chi connectivity index (χ0) is 18.1. The molecule has 2 fully saturated rings. The zero-order valence-corrected chi connectivity index (χ0v) is 15.5. The lowest BCUT2D eigenvalue weighted by atomic mass is 10.1. The SMILES string of the molecule is CN1CC[C@@H](NC(=O)N2CCCN(C3Cc4ccccc4C3)CC2)C1=O. The van der Waals surface area contributed by atoms with Crippen LogP contribution in [0.4, 0.5) is 4.79 Å². The quantitative estimate of drug-likeness (QED) is 0.863. The number of carbonyl (C=O) groups is 2. The average molecular weight is 356 g/mol. The number of hydrogen-bond acceptors (Lipinski definition) is 3. The van der Waals surface area contributed by atoms with Crippen LogP contribution in [0.5, 0.6) is 0 Å². The molecule has 1 aromatic carbocycles. The van der Waals surface area contributed by atoms with Crippen molar-refractivity contribution in [1.82, 2.24) is 20.0 Å². The van der Waals surface area contributed by atoms with E-state index in [1.54, 1.807) is 11.9 Å². The highest BCUT2D eigenvalue weighted by Crippen LogP contribution is 2.26. The van der Waals surface area contributed by atoms with Gasteiger partial charge in [-0.1, -0.05) is 24.3 Å². The Bertz CT molecular complexity index is 667. The van der Waals surface area contributed by atoms with E-state index in [0.717, 1.165) is 52.0 Å². The molecule has 0 spiro atoms. The van der Waals surface area contributed by atoms with Gasteiger partial charge >= 0.3 is 6.03 Å². The molecule has 0 radical (unpaired) electrons. The molecule has 1 aromatic rings. The van der Waals surface area contributed by atoms with Crippen molar-refractivity contribution in [2.75, 3.05) is 39.8 Å². The molecule has 2 heterocycles. The molecular formula is C20H28N4O2. The number of likely N-dealkylation sites (tertiary alicyclic amines) is 1. The van der Waals surface area contributed by atoms with Crippen molar-refractivity contribution in [2.45, 2.75) is 37.8 Å². The predicted molar refractivity (Wildman–Crippen MR) is 100.0 cm³/mol. The van der Waals surface area contributed by atoms with Crippen molar-refractivity contribution >= 4 is 11.9 Å². The minimum Gasteiger partial charge on any atom is -0.344 e. The molecule has 4 rings (SSSR count). The van der Waals surface area contributed by atoms with E-state index in [0.29, 0.717) is 12.5 Å². The lowest BCUT2D eigenvalue weighted by Gasteiger charge is -2.27. The topological polar surface area (TPSA) is 55.9 Å². The summed E-state index contributed by atoms with van der Waals surface area (Å²) >= 11 is 0. The number of hydrogen-bond donors (Lipinski definition) is 1. The van der Waals surface area contributed by atoms with E-state index >= 15 is 0 Å². The molecular weight excluding hydrogens is 328 g/mol. The minimum atomic E-state index is -0.351. The fourth-order valence-electron chi connectivity index (χ4n) is 4.50. The summed E-state index contributed by atoms with van der Waals surface area (Å²) in [5.41, 5.74) is 2.94. The average Bonchev–Trinajstić information content (AvgIpc) is 3.10. The summed E-state index contributed by atoms with van der Waals surface area (Å²) in [5.74, 6) is 0.0264. The van der Waals surface area contributed by atoms with Crippen LogP contribution >= 0.6 is 0 Å². The Morgan fingerprint density at radius 2 is 1.77 bits per heavy atom. The third-order valence-corrected chi connectivity index (χ3v) is 6.09. The lowest BCUT2D eigenvalue weighted by molar-refractivity contribution is -0.128. The van der Waals surface area contributed by atoms with Crippen LogP contribution in [-0.4, -0.2) is 78.5 Å². The number of amides is 3. The molecule has 0 saturated carbocycles. The fraction of sp³-hybridized carbons (Fsp3) is 0.600. The van der Waals surface area contributed by atoms with E-state index in [1.165, 1.54) is 11.1 Å². The molecule has 0 bridgehead atoms. The molecule has 1 N–H and O–H groups in total. The molecule has 3 aliphatic rings. The second-order valence-corrected chi connectivity index (χ2v) is 7.76. The summed E-state index contributed by atoms with van der Waals surface area (Å²) in [6, 6.07) is 8.84. The number of nitrogens with zero attached hydrogens (tertiary/aromatic N) is 3. The van der Waals surface area contributed by atoms with Gasteiger partial charge in [-0.3, -0.25) is 9.69 Å². The van der Waals surface area contributed by atoms with Gasteiger partial charge in [-0.25, -0.2) is 4.79 Å². The van der Waals surface area contributed by atoms with E-state index in [9.17, 15) is 9.59 Å². The number of likely N-dealkylation sites (N-methyl/N-ethyl adjacent to an activating group) is 1. The third-order valence-electron chi connectivity index (χ3n) is 6.09. The van der Waals surface area contributed by atoms with Gasteiger partial charge in [-0.2, -0.15) is 0 Å². The summed E-state index contributed by atoms with van der Waals surface area (Å²) in [6.07, 6.45) is 3.93. The molecule has 0 unspecified atom stereocenters. The van der Waals surface area contributed by atoms with Crippen LogP contribution in [0, 0.1) is 0 Å². The van der Waals surface area contributed by atoms with Gasteiger partial charge in [-0.15, -0.1) is 0 Å². The Labute approximate surface area is 155 Å². The molecule has 0 aromatic heterocycles. The Morgan fingerprint density at radius 3 is 2.42 bits per heavy atom. The fourth-order valence-corrected chi connectivity index (χ4v) is 4.50. The van der Waals surface area contributed by atoms with E-state index in [-0.39, 0.29) is 18.0 Å². The minimum absolute atomic E-state index is 0.0264. The van der Waals surface area contributed by atoms with Crippen LogP contribution in [0.1, 0.15) is 24.0 Å². The Kier molecular flexibility index (Phi) is 4.85. The van der Waals surface area contributed by atoms with Crippen LogP contribution in [-0.2, 0) is 17.6 Å². The molecule has 1 atom stereocenters. The normalized spacial score (nSPS) is 24.7. The van der Waals surface area contributed by atoms with Gasteiger partial charge in [0.25, 0.3) is 0 Å². The van der Waals surface area contributed by atoms with E-state index in [1.807, 2.05) is 4.90 Å². The van der Waals surface area contributed by atoms with Crippen molar-refractivity contribution in [1.29, 1.82) is 0 Å². The van der Waals surface area contributed by atoms with Crippen LogP contribution < -0.4 is 5.32 Å². The van der Waals surface area contributed by atoms with E-state index in [4.69, 9.17) is 0 Å². The van der Waals surface area contributed by atoms with Gasteiger partial charge in [0.05, 0.1) is 0 Å². The van der Waals surface area contributed by atoms with Crippen LogP contribution in [0.25, 0.3) is 0 Å². The summed E-state index contributed by atoms with van der Waals surface area (Å²) in [5, 5.41) is 2.93. The van der Waals surface area contributed by atoms with Gasteiger partial charge < -0.3 is 15.1 Å². The summed E-state index contributed by atoms with van der Waals surface area (Å²) in [6.45, 7) is 4.16. The first kappa shape index (κ1) is 17.3. The van der Waals surface area contributed by atoms with Crippen LogP contribution in [0.15, 0.2) is 24.3 Å². The monoisotopic (exact) mass is 356 g/mol. The zero-order valence-electron chi connectivity index (χ0n) is 15.5. The van der Waals surface area contributed by atoms with Gasteiger partial charge in [0, 0.05) is 45.8 Å². The van der Waals surface area contributed by atoms with Crippen LogP contribution in [0.3, 0.4) is 0 Å². The summed E-state index contributed by atoms with van der Waals surface area (Å²) < 4.78 is 0. The highest BCUT2D eigenvalue weighted by Gasteiger charge is 2.33. The maximum atomic E-state index is 12.6. The van der Waals surface area contributed by atoms with Crippen molar-refractivity contribution in [3.63, 3.8) is 0 Å². The molecule has 26 heavy (non-hydrogen) atoms. The largest absolute Gasteiger partial charge is 0.344 e. The van der Waals surface area contributed by atoms with Gasteiger partial charge in [-0.05, 0) is 36.8 Å². The maximum absolute atomic E-state index is 12.6. The number of benzene rings is 1. The number of rotatable bonds is 2. The Hall–Kier alpha value is -2.08. The molecule has 6 heteroatoms. The molecule has 2 aliphatic heterocycles. The molecule has 3 amide bonds. The number of fused-ring (bicyclic) bond motifs is 1. The molecule has 140 valence electrons. The van der Waals surface area contributed by atoms with Crippen LogP contribution in [0.2, 0.25) is 0 Å². The molecule has 2 saturated heterocycles. The van der Waals surface area contributed by atoms with Crippen molar-refractivity contribution in [3.05, 3.63) is 35.4 Å². The standard InChI is InChI=1S/C20H28N4O2/c1-22-10-7-18(19(22)25)21-20(26)24-9-4-8-23(11-12-24)17-13-15-5-2-3-6-16(15)14-17/h2-3,5-6,17-18H,4,7-14H2,1H3,(H,21,26)/t18-/m1/s1. The Balaban J connectivity index is 1.31. The highest BCUT2D eigenvalue weighted by molar-refractivity contribution is 5.88. The molecule has 1 aliphatic carbocycles. The molecule has 6 nitrogen and oxygen atoms in total. The first-order valence-electron chi connectivity index (χ1n) is 9.73. The Morgan fingerprint density at radius 1 is 1.04 bits per heavy atom. The second kappa shape index (κ2) is 7.27. The van der Waals surface area contributed by atoms with Gasteiger partial charge in [0.15, 0.2) is 0 Å². The highest BCUT2D eigenvalue weighted by atomic mass is 16.2. The van der Waals surface area contributed by atoms with E-state index in [2.05, 4.69) is 34.5 Å². The number of nitrogens with one attached hydrogen (secondary N) is 1. The summed E-state index contributed by atoms with van der Waals surface area (Å²) in [4.78, 5) is 30.7. The third kappa shape index (κ3) is 3.43. The maximum Gasteiger partial charge on any atom is 0.318 e. The predicted octanol–water partition coefficient (Wildman–Crippen LogP) is 1.10. The summed E-state index contributed by atoms with van der Waals surface area (Å²) in [7, 11) is 1.79. The van der Waals surface area contributed by atoms with Crippen molar-refractivity contribution in [3.8, 4) is 0 Å². The number of urea groups is 1. The first-order valence-corrected chi connectivity index (χ1v) is 9.73. The van der Waals surface area contributed by atoms with E-state index < -0.39 is 0 Å². The number of carbonyl (C=O) groups excluding carboxylic acids is 2. The van der Waals surface area contributed by atoms with Crippen molar-refractivity contribution in [2.24, 2.45) is 0 Å². The van der Waals surface area contributed by atoms with Crippen molar-refractivity contribution < 1.29 is 9.59 Å². The first-order chi connectivity index (χ1) is 12.6.